The van der Waals surface area contributed by atoms with E-state index in [1.165, 1.54) is 0 Å². The van der Waals surface area contributed by atoms with Gasteiger partial charge in [-0.1, -0.05) is 18.1 Å². The fourth-order valence-corrected chi connectivity index (χ4v) is 3.92. The second-order valence-corrected chi connectivity index (χ2v) is 8.25. The zero-order valence-corrected chi connectivity index (χ0v) is 15.8. The van der Waals surface area contributed by atoms with Crippen LogP contribution in [0.3, 0.4) is 0 Å². The molecule has 3 rings (SSSR count). The monoisotopic (exact) mass is 364 g/mol. The average Bonchev–Trinajstić information content (AvgIpc) is 3.22. The van der Waals surface area contributed by atoms with Crippen LogP contribution in [0.15, 0.2) is 0 Å². The van der Waals surface area contributed by atoms with Gasteiger partial charge in [-0.25, -0.2) is 14.3 Å². The maximum Gasteiger partial charge on any atom is 0.410 e. The normalized spacial score (nSPS) is 19.7. The first-order valence-electron chi connectivity index (χ1n) is 9.42. The molecule has 2 aliphatic rings. The van der Waals surface area contributed by atoms with Crippen LogP contribution >= 0.6 is 0 Å². The highest BCUT2D eigenvalue weighted by molar-refractivity contribution is 5.86. The van der Waals surface area contributed by atoms with Gasteiger partial charge in [0, 0.05) is 19.0 Å². The second-order valence-electron chi connectivity index (χ2n) is 8.25. The van der Waals surface area contributed by atoms with E-state index in [9.17, 15) is 14.7 Å². The predicted octanol–water partition coefficient (Wildman–Crippen LogP) is 3.21. The summed E-state index contributed by atoms with van der Waals surface area (Å²) in [5, 5.41) is 17.6. The van der Waals surface area contributed by atoms with Crippen molar-refractivity contribution in [2.45, 2.75) is 76.9 Å². The molecular formula is C18H28N4O4. The molecule has 0 bridgehead atoms. The van der Waals surface area contributed by atoms with E-state index in [2.05, 4.69) is 10.3 Å². The van der Waals surface area contributed by atoms with Crippen LogP contribution in [-0.4, -0.2) is 55.8 Å². The molecule has 0 aromatic carbocycles. The average molecular weight is 364 g/mol. The van der Waals surface area contributed by atoms with Crippen LogP contribution in [0.25, 0.3) is 0 Å². The number of aromatic carboxylic acids is 1. The Kier molecular flexibility index (Phi) is 5.20. The van der Waals surface area contributed by atoms with Crippen LogP contribution in [0.5, 0.6) is 0 Å². The Bertz CT molecular complexity index is 665. The second kappa shape index (κ2) is 7.25. The van der Waals surface area contributed by atoms with Crippen LogP contribution in [0.4, 0.5) is 4.79 Å². The van der Waals surface area contributed by atoms with Crippen molar-refractivity contribution in [2.24, 2.45) is 0 Å². The minimum absolute atomic E-state index is 0.0740. The van der Waals surface area contributed by atoms with E-state index in [-0.39, 0.29) is 23.7 Å². The quantitative estimate of drug-likeness (QED) is 0.884. The zero-order chi connectivity index (χ0) is 18.9. The highest BCUT2D eigenvalue weighted by atomic mass is 16.6. The predicted molar refractivity (Wildman–Crippen MR) is 94.3 cm³/mol. The highest BCUT2D eigenvalue weighted by Gasteiger charge is 2.34. The van der Waals surface area contributed by atoms with Gasteiger partial charge in [0.25, 0.3) is 0 Å². The molecule has 26 heavy (non-hydrogen) atoms. The molecule has 0 radical (unpaired) electrons. The summed E-state index contributed by atoms with van der Waals surface area (Å²) in [4.78, 5) is 25.5. The fraction of sp³-hybridized carbons (Fsp3) is 0.778. The Morgan fingerprint density at radius 3 is 2.27 bits per heavy atom. The Balaban J connectivity index is 1.71. The van der Waals surface area contributed by atoms with Crippen molar-refractivity contribution in [3.63, 3.8) is 0 Å². The van der Waals surface area contributed by atoms with Gasteiger partial charge < -0.3 is 14.7 Å². The van der Waals surface area contributed by atoms with Crippen molar-refractivity contribution in [3.8, 4) is 0 Å². The largest absolute Gasteiger partial charge is 0.476 e. The van der Waals surface area contributed by atoms with Crippen LogP contribution in [0, 0.1) is 0 Å². The SMILES string of the molecule is CC(C)(C)OC(=O)N1CCC(n2nnc(C(=O)O)c2C2CCCC2)CC1. The Morgan fingerprint density at radius 1 is 1.12 bits per heavy atom. The third-order valence-corrected chi connectivity index (χ3v) is 5.14. The summed E-state index contributed by atoms with van der Waals surface area (Å²) in [6.45, 7) is 6.72. The Labute approximate surface area is 153 Å². The van der Waals surface area contributed by atoms with Crippen LogP contribution in [-0.2, 0) is 4.74 Å². The van der Waals surface area contributed by atoms with Gasteiger partial charge in [-0.15, -0.1) is 5.10 Å². The lowest BCUT2D eigenvalue weighted by molar-refractivity contribution is 0.0183. The number of aromatic nitrogens is 3. The maximum absolute atomic E-state index is 12.2. The van der Waals surface area contributed by atoms with E-state index in [0.29, 0.717) is 13.1 Å². The number of amides is 1. The number of likely N-dealkylation sites (tertiary alicyclic amines) is 1. The summed E-state index contributed by atoms with van der Waals surface area (Å²) >= 11 is 0. The summed E-state index contributed by atoms with van der Waals surface area (Å²) in [7, 11) is 0. The summed E-state index contributed by atoms with van der Waals surface area (Å²) in [5.41, 5.74) is 0.350. The Hall–Kier alpha value is -2.12. The highest BCUT2D eigenvalue weighted by Crippen LogP contribution is 2.37. The number of rotatable bonds is 3. The van der Waals surface area contributed by atoms with E-state index in [1.54, 1.807) is 4.90 Å². The number of carboxylic acids is 1. The molecule has 2 fully saturated rings. The molecule has 1 aliphatic heterocycles. The number of piperidine rings is 1. The minimum atomic E-state index is -1.01. The van der Waals surface area contributed by atoms with Crippen molar-refractivity contribution in [3.05, 3.63) is 11.4 Å². The van der Waals surface area contributed by atoms with Crippen molar-refractivity contribution in [1.29, 1.82) is 0 Å². The molecule has 1 aliphatic carbocycles. The molecule has 1 aromatic rings. The third-order valence-electron chi connectivity index (χ3n) is 5.14. The van der Waals surface area contributed by atoms with Gasteiger partial charge in [-0.05, 0) is 46.5 Å². The number of hydrogen-bond donors (Lipinski definition) is 1. The molecule has 0 atom stereocenters. The number of nitrogens with zero attached hydrogens (tertiary/aromatic N) is 4. The molecule has 8 heteroatoms. The topological polar surface area (TPSA) is 97.5 Å². The maximum atomic E-state index is 12.2. The molecule has 1 N–H and O–H groups in total. The fourth-order valence-electron chi connectivity index (χ4n) is 3.92. The molecule has 1 amide bonds. The van der Waals surface area contributed by atoms with E-state index < -0.39 is 11.6 Å². The lowest BCUT2D eigenvalue weighted by Gasteiger charge is -2.34. The standard InChI is InChI=1S/C18H28N4O4/c1-18(2,3)26-17(25)21-10-8-13(9-11-21)22-15(12-6-4-5-7-12)14(16(23)24)19-20-22/h12-13H,4-11H2,1-3H3,(H,23,24). The molecule has 0 spiro atoms. The van der Waals surface area contributed by atoms with Gasteiger partial charge >= 0.3 is 12.1 Å². The first-order chi connectivity index (χ1) is 12.3. The van der Waals surface area contributed by atoms with E-state index >= 15 is 0 Å². The van der Waals surface area contributed by atoms with Crippen molar-refractivity contribution in [2.75, 3.05) is 13.1 Å². The van der Waals surface area contributed by atoms with Crippen LogP contribution in [0.2, 0.25) is 0 Å². The number of ether oxygens (including phenoxy) is 1. The third kappa shape index (κ3) is 3.99. The first-order valence-corrected chi connectivity index (χ1v) is 9.42. The van der Waals surface area contributed by atoms with Crippen LogP contribution in [0.1, 0.15) is 87.4 Å². The molecule has 0 unspecified atom stereocenters. The van der Waals surface area contributed by atoms with Gasteiger partial charge in [-0.2, -0.15) is 0 Å². The van der Waals surface area contributed by atoms with Crippen molar-refractivity contribution >= 4 is 12.1 Å². The number of carbonyl (C=O) groups excluding carboxylic acids is 1. The minimum Gasteiger partial charge on any atom is -0.476 e. The number of carboxylic acid groups (broad SMARTS) is 1. The van der Waals surface area contributed by atoms with Gasteiger partial charge in [0.05, 0.1) is 11.7 Å². The number of carbonyl (C=O) groups is 2. The summed E-state index contributed by atoms with van der Waals surface area (Å²) in [5.74, 6) is -0.788. The van der Waals surface area contributed by atoms with Gasteiger partial charge in [0.2, 0.25) is 0 Å². The molecular weight excluding hydrogens is 336 g/mol. The smallest absolute Gasteiger partial charge is 0.410 e. The number of hydrogen-bond acceptors (Lipinski definition) is 5. The van der Waals surface area contributed by atoms with E-state index in [0.717, 1.165) is 44.2 Å². The summed E-state index contributed by atoms with van der Waals surface area (Å²) < 4.78 is 7.26. The molecule has 1 aromatic heterocycles. The molecule has 2 heterocycles. The van der Waals surface area contributed by atoms with Gasteiger partial charge in [0.1, 0.15) is 5.60 Å². The zero-order valence-electron chi connectivity index (χ0n) is 15.8. The molecule has 144 valence electrons. The van der Waals surface area contributed by atoms with Crippen molar-refractivity contribution < 1.29 is 19.4 Å². The van der Waals surface area contributed by atoms with E-state index in [1.807, 2.05) is 25.5 Å². The molecule has 1 saturated heterocycles. The summed E-state index contributed by atoms with van der Waals surface area (Å²) in [6.07, 6.45) is 5.37. The van der Waals surface area contributed by atoms with Gasteiger partial charge in [0.15, 0.2) is 5.69 Å². The van der Waals surface area contributed by atoms with E-state index in [4.69, 9.17) is 4.74 Å². The first kappa shape index (κ1) is 18.7. The lowest BCUT2D eigenvalue weighted by atomic mass is 9.99. The summed E-state index contributed by atoms with van der Waals surface area (Å²) in [6, 6.07) is 0.0740. The Morgan fingerprint density at radius 2 is 1.73 bits per heavy atom. The molecule has 8 nitrogen and oxygen atoms in total. The lowest BCUT2D eigenvalue weighted by Crippen LogP contribution is -2.42. The van der Waals surface area contributed by atoms with Gasteiger partial charge in [-0.3, -0.25) is 0 Å². The van der Waals surface area contributed by atoms with Crippen LogP contribution < -0.4 is 0 Å². The van der Waals surface area contributed by atoms with Crippen molar-refractivity contribution in [1.82, 2.24) is 19.9 Å². The molecule has 1 saturated carbocycles.